The van der Waals surface area contributed by atoms with Gasteiger partial charge in [-0.1, -0.05) is 18.2 Å². The van der Waals surface area contributed by atoms with Gasteiger partial charge in [0.05, 0.1) is 12.7 Å². The summed E-state index contributed by atoms with van der Waals surface area (Å²) in [7, 11) is 0. The molecule has 1 saturated carbocycles. The molecule has 1 aliphatic carbocycles. The quantitative estimate of drug-likeness (QED) is 0.893. The summed E-state index contributed by atoms with van der Waals surface area (Å²) in [5.74, 6) is 0. The topological polar surface area (TPSA) is 49.0 Å². The lowest BCUT2D eigenvalue weighted by atomic mass is 10.0. The van der Waals surface area contributed by atoms with Gasteiger partial charge in [0.2, 0.25) is 0 Å². The zero-order valence-electron chi connectivity index (χ0n) is 10.3. The minimum absolute atomic E-state index is 0.0682. The Bertz CT molecular complexity index is 617. The highest BCUT2D eigenvalue weighted by Gasteiger charge is 2.42. The zero-order chi connectivity index (χ0) is 12.6. The van der Waals surface area contributed by atoms with Gasteiger partial charge in [-0.25, -0.2) is 0 Å². The molecule has 0 saturated heterocycles. The number of nitriles is 1. The fraction of sp³-hybridized carbons (Fsp3) is 0.400. The van der Waals surface area contributed by atoms with E-state index in [-0.39, 0.29) is 12.0 Å². The molecule has 1 aromatic carbocycles. The monoisotopic (exact) mass is 240 g/mol. The van der Waals surface area contributed by atoms with Gasteiger partial charge in [-0.2, -0.15) is 5.26 Å². The van der Waals surface area contributed by atoms with Gasteiger partial charge in [-0.15, -0.1) is 0 Å². The van der Waals surface area contributed by atoms with E-state index in [9.17, 15) is 5.11 Å². The number of aliphatic hydroxyl groups excluding tert-OH is 1. The predicted octanol–water partition coefficient (Wildman–Crippen LogP) is 2.83. The molecule has 0 amide bonds. The first kappa shape index (κ1) is 11.3. The van der Waals surface area contributed by atoms with Crippen molar-refractivity contribution < 1.29 is 5.11 Å². The summed E-state index contributed by atoms with van der Waals surface area (Å²) in [6.07, 6.45) is 4.94. The summed E-state index contributed by atoms with van der Waals surface area (Å²) < 4.78 is 2.20. The lowest BCUT2D eigenvalue weighted by Gasteiger charge is -2.13. The van der Waals surface area contributed by atoms with Crippen LogP contribution in [0.2, 0.25) is 0 Å². The molecular weight excluding hydrogens is 224 g/mol. The third kappa shape index (κ3) is 1.79. The molecule has 1 N–H and O–H groups in total. The maximum Gasteiger partial charge on any atom is 0.0702 e. The highest BCUT2D eigenvalue weighted by atomic mass is 16.3. The molecule has 1 fully saturated rings. The maximum atomic E-state index is 9.40. The van der Waals surface area contributed by atoms with Crippen molar-refractivity contribution in [2.75, 3.05) is 0 Å². The van der Waals surface area contributed by atoms with Crippen LogP contribution in [0.5, 0.6) is 0 Å². The second kappa shape index (κ2) is 4.15. The van der Waals surface area contributed by atoms with E-state index in [1.807, 2.05) is 24.4 Å². The third-order valence-electron chi connectivity index (χ3n) is 3.96. The Morgan fingerprint density at radius 2 is 2.11 bits per heavy atom. The van der Waals surface area contributed by atoms with Crippen molar-refractivity contribution in [1.82, 2.24) is 4.57 Å². The van der Waals surface area contributed by atoms with Crippen LogP contribution in [0.25, 0.3) is 10.9 Å². The van der Waals surface area contributed by atoms with Crippen LogP contribution < -0.4 is 0 Å². The molecule has 0 bridgehead atoms. The van der Waals surface area contributed by atoms with Crippen LogP contribution in [0.15, 0.2) is 30.5 Å². The number of hydrogen-bond donors (Lipinski definition) is 1. The summed E-state index contributed by atoms with van der Waals surface area (Å²) in [6, 6.07) is 10.4. The SMILES string of the molecule is N#CCC1(Cn2cc(CO)c3ccccc32)CC1. The Morgan fingerprint density at radius 1 is 1.33 bits per heavy atom. The number of benzene rings is 1. The van der Waals surface area contributed by atoms with Crippen molar-refractivity contribution in [3.8, 4) is 6.07 Å². The molecule has 0 atom stereocenters. The standard InChI is InChI=1S/C15H16N2O/c16-8-7-15(5-6-15)11-17-9-12(10-18)13-3-1-2-4-14(13)17/h1-4,9,18H,5-7,10-11H2. The summed E-state index contributed by atoms with van der Waals surface area (Å²) >= 11 is 0. The smallest absolute Gasteiger partial charge is 0.0702 e. The van der Waals surface area contributed by atoms with Crippen molar-refractivity contribution >= 4 is 10.9 Å². The van der Waals surface area contributed by atoms with Gasteiger partial charge < -0.3 is 9.67 Å². The molecule has 0 aliphatic heterocycles. The first-order valence-corrected chi connectivity index (χ1v) is 6.33. The largest absolute Gasteiger partial charge is 0.392 e. The second-order valence-electron chi connectivity index (χ2n) is 5.29. The average Bonchev–Trinajstić information content (AvgIpc) is 3.05. The Hall–Kier alpha value is -1.79. The van der Waals surface area contributed by atoms with Crippen molar-refractivity contribution in [2.45, 2.75) is 32.4 Å². The van der Waals surface area contributed by atoms with E-state index in [1.54, 1.807) is 0 Å². The van der Waals surface area contributed by atoms with E-state index in [1.165, 1.54) is 0 Å². The van der Waals surface area contributed by atoms with Crippen molar-refractivity contribution in [3.63, 3.8) is 0 Å². The van der Waals surface area contributed by atoms with Crippen LogP contribution in [0.4, 0.5) is 0 Å². The number of rotatable bonds is 4. The summed E-state index contributed by atoms with van der Waals surface area (Å²) in [5.41, 5.74) is 2.31. The number of para-hydroxylation sites is 1. The van der Waals surface area contributed by atoms with E-state index in [4.69, 9.17) is 5.26 Å². The Balaban J connectivity index is 2.00. The van der Waals surface area contributed by atoms with E-state index >= 15 is 0 Å². The predicted molar refractivity (Wildman–Crippen MR) is 69.8 cm³/mol. The Labute approximate surface area is 106 Å². The van der Waals surface area contributed by atoms with Gasteiger partial charge in [0.15, 0.2) is 0 Å². The van der Waals surface area contributed by atoms with Crippen LogP contribution in [-0.4, -0.2) is 9.67 Å². The highest BCUT2D eigenvalue weighted by Crippen LogP contribution is 2.50. The molecule has 3 heteroatoms. The molecule has 0 spiro atoms. The van der Waals surface area contributed by atoms with E-state index in [0.717, 1.165) is 35.9 Å². The van der Waals surface area contributed by atoms with Gasteiger partial charge >= 0.3 is 0 Å². The molecule has 0 radical (unpaired) electrons. The Kier molecular flexibility index (Phi) is 2.61. The minimum atomic E-state index is 0.0682. The van der Waals surface area contributed by atoms with E-state index in [2.05, 4.69) is 16.7 Å². The van der Waals surface area contributed by atoms with Crippen LogP contribution in [-0.2, 0) is 13.2 Å². The molecule has 1 heterocycles. The second-order valence-corrected chi connectivity index (χ2v) is 5.29. The zero-order valence-corrected chi connectivity index (χ0v) is 10.3. The van der Waals surface area contributed by atoms with Crippen LogP contribution in [0.3, 0.4) is 0 Å². The minimum Gasteiger partial charge on any atom is -0.392 e. The van der Waals surface area contributed by atoms with Crippen LogP contribution >= 0.6 is 0 Å². The van der Waals surface area contributed by atoms with Gasteiger partial charge in [0.25, 0.3) is 0 Å². The molecule has 92 valence electrons. The lowest BCUT2D eigenvalue weighted by molar-refractivity contribution is 0.282. The fourth-order valence-corrected chi connectivity index (χ4v) is 2.68. The van der Waals surface area contributed by atoms with E-state index in [0.29, 0.717) is 6.42 Å². The molecule has 1 aromatic heterocycles. The highest BCUT2D eigenvalue weighted by molar-refractivity contribution is 5.83. The molecule has 18 heavy (non-hydrogen) atoms. The average molecular weight is 240 g/mol. The Morgan fingerprint density at radius 3 is 2.78 bits per heavy atom. The first-order valence-electron chi connectivity index (χ1n) is 6.33. The lowest BCUT2D eigenvalue weighted by Crippen LogP contribution is -2.10. The molecule has 0 unspecified atom stereocenters. The van der Waals surface area contributed by atoms with Crippen molar-refractivity contribution in [1.29, 1.82) is 5.26 Å². The van der Waals surface area contributed by atoms with Crippen molar-refractivity contribution in [3.05, 3.63) is 36.0 Å². The first-order chi connectivity index (χ1) is 8.78. The fourth-order valence-electron chi connectivity index (χ4n) is 2.68. The third-order valence-corrected chi connectivity index (χ3v) is 3.96. The number of nitrogens with zero attached hydrogens (tertiary/aromatic N) is 2. The van der Waals surface area contributed by atoms with Gasteiger partial charge in [0.1, 0.15) is 0 Å². The van der Waals surface area contributed by atoms with Gasteiger partial charge in [-0.05, 0) is 18.9 Å². The van der Waals surface area contributed by atoms with E-state index < -0.39 is 0 Å². The molecule has 3 nitrogen and oxygen atoms in total. The van der Waals surface area contributed by atoms with Gasteiger partial charge in [-0.3, -0.25) is 0 Å². The maximum absolute atomic E-state index is 9.40. The molecule has 2 aromatic rings. The summed E-state index contributed by atoms with van der Waals surface area (Å²) in [6.45, 7) is 0.958. The summed E-state index contributed by atoms with van der Waals surface area (Å²) in [4.78, 5) is 0. The van der Waals surface area contributed by atoms with Crippen LogP contribution in [0.1, 0.15) is 24.8 Å². The summed E-state index contributed by atoms with van der Waals surface area (Å²) in [5, 5.41) is 19.4. The number of aliphatic hydroxyl groups is 1. The molecular formula is C15H16N2O. The number of aromatic nitrogens is 1. The van der Waals surface area contributed by atoms with Crippen LogP contribution in [0, 0.1) is 16.7 Å². The number of fused-ring (bicyclic) bond motifs is 1. The molecule has 1 aliphatic rings. The van der Waals surface area contributed by atoms with Crippen molar-refractivity contribution in [2.24, 2.45) is 5.41 Å². The molecule has 3 rings (SSSR count). The number of hydrogen-bond acceptors (Lipinski definition) is 2. The normalized spacial score (nSPS) is 16.7. The van der Waals surface area contributed by atoms with Gasteiger partial charge in [0, 0.05) is 41.0 Å².